The highest BCUT2D eigenvalue weighted by atomic mass is 35.5. The van der Waals surface area contributed by atoms with Crippen molar-refractivity contribution in [2.45, 2.75) is 13.0 Å². The fourth-order valence-electron chi connectivity index (χ4n) is 1.00. The molecular formula is C8H8ClNO3. The third-order valence-corrected chi connectivity index (χ3v) is 2.07. The van der Waals surface area contributed by atoms with E-state index in [1.165, 1.54) is 19.1 Å². The van der Waals surface area contributed by atoms with Crippen molar-refractivity contribution in [2.24, 2.45) is 0 Å². The maximum Gasteiger partial charge on any atom is 0.288 e. The number of hydrogen-bond acceptors (Lipinski definition) is 3. The van der Waals surface area contributed by atoms with Gasteiger partial charge in [0.15, 0.2) is 0 Å². The molecule has 1 aromatic rings. The standard InChI is InChI=1S/C8H8ClNO3/c1-5(11)6-3-2-4-7(8(6)9)10(12)13/h2-5,11H,1H3/t5-/m1/s1. The molecule has 4 nitrogen and oxygen atoms in total. The number of rotatable bonds is 2. The van der Waals surface area contributed by atoms with E-state index in [2.05, 4.69) is 0 Å². The molecule has 0 saturated heterocycles. The Labute approximate surface area is 79.9 Å². The normalized spacial score (nSPS) is 12.5. The molecule has 0 aliphatic carbocycles. The van der Waals surface area contributed by atoms with Crippen LogP contribution in [-0.2, 0) is 0 Å². The van der Waals surface area contributed by atoms with Gasteiger partial charge in [-0.15, -0.1) is 0 Å². The predicted octanol–water partition coefficient (Wildman–Crippen LogP) is 2.30. The molecule has 5 heteroatoms. The summed E-state index contributed by atoms with van der Waals surface area (Å²) in [6.07, 6.45) is -0.799. The lowest BCUT2D eigenvalue weighted by molar-refractivity contribution is -0.384. The van der Waals surface area contributed by atoms with Gasteiger partial charge in [0.25, 0.3) is 5.69 Å². The maximum absolute atomic E-state index is 10.4. The third-order valence-electron chi connectivity index (χ3n) is 1.65. The van der Waals surface area contributed by atoms with E-state index in [0.717, 1.165) is 0 Å². The van der Waals surface area contributed by atoms with Gasteiger partial charge in [0.1, 0.15) is 5.02 Å². The second-order valence-corrected chi connectivity index (χ2v) is 2.99. The van der Waals surface area contributed by atoms with Gasteiger partial charge in [-0.3, -0.25) is 10.1 Å². The van der Waals surface area contributed by atoms with E-state index in [0.29, 0.717) is 5.56 Å². The van der Waals surface area contributed by atoms with Crippen molar-refractivity contribution in [3.63, 3.8) is 0 Å². The molecule has 0 unspecified atom stereocenters. The van der Waals surface area contributed by atoms with Gasteiger partial charge in [-0.2, -0.15) is 0 Å². The molecule has 1 atom stereocenters. The Hall–Kier alpha value is -1.13. The van der Waals surface area contributed by atoms with Crippen molar-refractivity contribution in [3.05, 3.63) is 38.9 Å². The second kappa shape index (κ2) is 3.72. The van der Waals surface area contributed by atoms with Gasteiger partial charge in [0.2, 0.25) is 0 Å². The van der Waals surface area contributed by atoms with Crippen LogP contribution >= 0.6 is 11.6 Å². The number of nitrogens with zero attached hydrogens (tertiary/aromatic N) is 1. The van der Waals surface area contributed by atoms with Crippen molar-refractivity contribution in [1.82, 2.24) is 0 Å². The van der Waals surface area contributed by atoms with Gasteiger partial charge in [-0.25, -0.2) is 0 Å². The molecule has 1 aromatic carbocycles. The molecule has 0 aliphatic heterocycles. The zero-order valence-electron chi connectivity index (χ0n) is 6.90. The summed E-state index contributed by atoms with van der Waals surface area (Å²) in [7, 11) is 0. The molecule has 0 spiro atoms. The minimum absolute atomic E-state index is 0.00231. The minimum atomic E-state index is -0.799. The molecule has 0 aromatic heterocycles. The van der Waals surface area contributed by atoms with Crippen LogP contribution in [0.2, 0.25) is 5.02 Å². The van der Waals surface area contributed by atoms with Crippen LogP contribution in [0.4, 0.5) is 5.69 Å². The minimum Gasteiger partial charge on any atom is -0.389 e. The quantitative estimate of drug-likeness (QED) is 0.590. The summed E-state index contributed by atoms with van der Waals surface area (Å²) in [5.74, 6) is 0. The van der Waals surface area contributed by atoms with Crippen molar-refractivity contribution in [1.29, 1.82) is 0 Å². The molecule has 13 heavy (non-hydrogen) atoms. The topological polar surface area (TPSA) is 63.4 Å². The Bertz CT molecular complexity index is 338. The zero-order valence-corrected chi connectivity index (χ0v) is 7.65. The molecule has 1 rings (SSSR count). The zero-order chi connectivity index (χ0) is 10.0. The van der Waals surface area contributed by atoms with E-state index in [1.807, 2.05) is 0 Å². The average molecular weight is 202 g/mol. The fraction of sp³-hybridized carbons (Fsp3) is 0.250. The third kappa shape index (κ3) is 1.96. The van der Waals surface area contributed by atoms with Crippen molar-refractivity contribution in [3.8, 4) is 0 Å². The Morgan fingerprint density at radius 3 is 2.69 bits per heavy atom. The van der Waals surface area contributed by atoms with Crippen LogP contribution in [0.5, 0.6) is 0 Å². The summed E-state index contributed by atoms with van der Waals surface area (Å²) < 4.78 is 0. The number of nitro groups is 1. The van der Waals surface area contributed by atoms with Gasteiger partial charge < -0.3 is 5.11 Å². The lowest BCUT2D eigenvalue weighted by Gasteiger charge is -2.06. The molecular weight excluding hydrogens is 194 g/mol. The highest BCUT2D eigenvalue weighted by Crippen LogP contribution is 2.31. The summed E-state index contributed by atoms with van der Waals surface area (Å²) in [6, 6.07) is 4.35. The lowest BCUT2D eigenvalue weighted by Crippen LogP contribution is -1.96. The number of aliphatic hydroxyl groups excluding tert-OH is 1. The number of benzene rings is 1. The first kappa shape index (κ1) is 9.95. The SMILES string of the molecule is C[C@@H](O)c1cccc([N+](=O)[O-])c1Cl. The predicted molar refractivity (Wildman–Crippen MR) is 48.7 cm³/mol. The Balaban J connectivity index is 3.26. The summed E-state index contributed by atoms with van der Waals surface area (Å²) in [5, 5.41) is 19.6. The second-order valence-electron chi connectivity index (χ2n) is 2.61. The fourth-order valence-corrected chi connectivity index (χ4v) is 1.35. The van der Waals surface area contributed by atoms with Crippen LogP contribution in [0.3, 0.4) is 0 Å². The Kier molecular flexibility index (Phi) is 2.85. The molecule has 0 saturated carbocycles. The van der Waals surface area contributed by atoms with E-state index in [4.69, 9.17) is 11.6 Å². The smallest absolute Gasteiger partial charge is 0.288 e. The first-order valence-corrected chi connectivity index (χ1v) is 4.02. The molecule has 0 radical (unpaired) electrons. The van der Waals surface area contributed by atoms with Crippen molar-refractivity contribution >= 4 is 17.3 Å². The highest BCUT2D eigenvalue weighted by molar-refractivity contribution is 6.33. The number of aliphatic hydroxyl groups is 1. The van der Waals surface area contributed by atoms with Gasteiger partial charge in [-0.1, -0.05) is 23.7 Å². The van der Waals surface area contributed by atoms with Gasteiger partial charge >= 0.3 is 0 Å². The Morgan fingerprint density at radius 1 is 1.62 bits per heavy atom. The summed E-state index contributed by atoms with van der Waals surface area (Å²) in [4.78, 5) is 9.86. The molecule has 70 valence electrons. The molecule has 0 aliphatic rings. The number of halogens is 1. The van der Waals surface area contributed by atoms with E-state index in [9.17, 15) is 15.2 Å². The molecule has 1 N–H and O–H groups in total. The van der Waals surface area contributed by atoms with Crippen LogP contribution in [0, 0.1) is 10.1 Å². The van der Waals surface area contributed by atoms with E-state index in [1.54, 1.807) is 6.07 Å². The average Bonchev–Trinajstić information content (AvgIpc) is 2.03. The van der Waals surface area contributed by atoms with E-state index >= 15 is 0 Å². The first-order chi connectivity index (χ1) is 6.04. The van der Waals surface area contributed by atoms with Crippen LogP contribution in [0.25, 0.3) is 0 Å². The first-order valence-electron chi connectivity index (χ1n) is 3.65. The largest absolute Gasteiger partial charge is 0.389 e. The molecule has 0 heterocycles. The van der Waals surface area contributed by atoms with Crippen molar-refractivity contribution in [2.75, 3.05) is 0 Å². The van der Waals surface area contributed by atoms with Crippen LogP contribution in [0.15, 0.2) is 18.2 Å². The van der Waals surface area contributed by atoms with Crippen molar-refractivity contribution < 1.29 is 10.0 Å². The van der Waals surface area contributed by atoms with Crippen LogP contribution in [-0.4, -0.2) is 10.0 Å². The van der Waals surface area contributed by atoms with E-state index in [-0.39, 0.29) is 10.7 Å². The highest BCUT2D eigenvalue weighted by Gasteiger charge is 2.17. The maximum atomic E-state index is 10.4. The Morgan fingerprint density at radius 2 is 2.23 bits per heavy atom. The summed E-state index contributed by atoms with van der Waals surface area (Å²) >= 11 is 5.70. The van der Waals surface area contributed by atoms with Gasteiger partial charge in [0, 0.05) is 11.6 Å². The van der Waals surface area contributed by atoms with E-state index < -0.39 is 11.0 Å². The molecule has 0 amide bonds. The molecule has 0 bridgehead atoms. The molecule has 0 fully saturated rings. The van der Waals surface area contributed by atoms with Gasteiger partial charge in [0.05, 0.1) is 11.0 Å². The van der Waals surface area contributed by atoms with Gasteiger partial charge in [-0.05, 0) is 6.92 Å². The monoisotopic (exact) mass is 201 g/mol. The summed E-state index contributed by atoms with van der Waals surface area (Å²) in [5.41, 5.74) is 0.191. The lowest BCUT2D eigenvalue weighted by atomic mass is 10.1. The van der Waals surface area contributed by atoms with Crippen LogP contribution < -0.4 is 0 Å². The number of nitro benzene ring substituents is 1. The summed E-state index contributed by atoms with van der Waals surface area (Å²) in [6.45, 7) is 1.50. The van der Waals surface area contributed by atoms with Crippen LogP contribution in [0.1, 0.15) is 18.6 Å². The number of hydrogen-bond donors (Lipinski definition) is 1.